The highest BCUT2D eigenvalue weighted by molar-refractivity contribution is 5.90. The van der Waals surface area contributed by atoms with Crippen molar-refractivity contribution in [1.82, 2.24) is 0 Å². The number of ether oxygens (including phenoxy) is 2. The summed E-state index contributed by atoms with van der Waals surface area (Å²) in [6.07, 6.45) is 1.89. The van der Waals surface area contributed by atoms with Gasteiger partial charge in [-0.1, -0.05) is 0 Å². The van der Waals surface area contributed by atoms with Crippen LogP contribution in [-0.4, -0.2) is 18.7 Å². The van der Waals surface area contributed by atoms with Gasteiger partial charge < -0.3 is 9.47 Å². The SMILES string of the molecule is O=C1CC=C2OCOC12. The van der Waals surface area contributed by atoms with Crippen LogP contribution in [0.2, 0.25) is 0 Å². The molecule has 0 saturated carbocycles. The number of fused-ring (bicyclic) bond motifs is 1. The van der Waals surface area contributed by atoms with E-state index in [9.17, 15) is 4.79 Å². The Morgan fingerprint density at radius 2 is 2.56 bits per heavy atom. The summed E-state index contributed by atoms with van der Waals surface area (Å²) < 4.78 is 9.91. The molecule has 0 aromatic carbocycles. The maximum atomic E-state index is 10.8. The molecule has 0 N–H and O–H groups in total. The topological polar surface area (TPSA) is 35.5 Å². The van der Waals surface area contributed by atoms with Gasteiger partial charge >= 0.3 is 0 Å². The summed E-state index contributed by atoms with van der Waals surface area (Å²) in [5.74, 6) is 0.822. The van der Waals surface area contributed by atoms with E-state index in [4.69, 9.17) is 9.47 Å². The number of ketones is 1. The van der Waals surface area contributed by atoms with E-state index in [1.165, 1.54) is 0 Å². The number of carbonyl (C=O) groups is 1. The van der Waals surface area contributed by atoms with Crippen molar-refractivity contribution in [2.75, 3.05) is 6.79 Å². The summed E-state index contributed by atoms with van der Waals surface area (Å²) in [5, 5.41) is 0. The van der Waals surface area contributed by atoms with Crippen LogP contribution in [-0.2, 0) is 14.3 Å². The molecule has 1 atom stereocenters. The van der Waals surface area contributed by atoms with Gasteiger partial charge in [-0.05, 0) is 6.08 Å². The van der Waals surface area contributed by atoms with E-state index in [0.717, 1.165) is 0 Å². The number of rotatable bonds is 0. The molecule has 1 aliphatic heterocycles. The first-order valence-electron chi connectivity index (χ1n) is 2.85. The van der Waals surface area contributed by atoms with Crippen molar-refractivity contribution in [2.45, 2.75) is 12.5 Å². The lowest BCUT2D eigenvalue weighted by Crippen LogP contribution is -2.14. The third-order valence-electron chi connectivity index (χ3n) is 1.52. The second kappa shape index (κ2) is 1.57. The highest BCUT2D eigenvalue weighted by atomic mass is 16.7. The van der Waals surface area contributed by atoms with Gasteiger partial charge in [-0.2, -0.15) is 0 Å². The smallest absolute Gasteiger partial charge is 0.190 e. The molecule has 2 aliphatic rings. The van der Waals surface area contributed by atoms with Crippen LogP contribution in [0.1, 0.15) is 6.42 Å². The molecule has 0 aromatic heterocycles. The highest BCUT2D eigenvalue weighted by Crippen LogP contribution is 2.24. The van der Waals surface area contributed by atoms with Crippen LogP contribution in [0.3, 0.4) is 0 Å². The van der Waals surface area contributed by atoms with Gasteiger partial charge in [0.2, 0.25) is 0 Å². The Balaban J connectivity index is 2.28. The van der Waals surface area contributed by atoms with Crippen molar-refractivity contribution < 1.29 is 14.3 Å². The fraction of sp³-hybridized carbons (Fsp3) is 0.500. The van der Waals surface area contributed by atoms with E-state index in [0.29, 0.717) is 12.2 Å². The lowest BCUT2D eigenvalue weighted by Gasteiger charge is -1.95. The molecule has 1 heterocycles. The predicted molar refractivity (Wildman–Crippen MR) is 28.5 cm³/mol. The Morgan fingerprint density at radius 3 is 3.33 bits per heavy atom. The minimum absolute atomic E-state index is 0.113. The van der Waals surface area contributed by atoms with Gasteiger partial charge in [0.05, 0.1) is 0 Å². The zero-order valence-electron chi connectivity index (χ0n) is 4.79. The molecular formula is C6H6O3. The van der Waals surface area contributed by atoms with E-state index in [-0.39, 0.29) is 18.7 Å². The molecule has 1 aliphatic carbocycles. The van der Waals surface area contributed by atoms with Crippen LogP contribution in [0, 0.1) is 0 Å². The first kappa shape index (κ1) is 4.99. The predicted octanol–water partition coefficient (Wildman–Crippen LogP) is 0.216. The van der Waals surface area contributed by atoms with E-state index < -0.39 is 0 Å². The molecule has 48 valence electrons. The van der Waals surface area contributed by atoms with Crippen LogP contribution >= 0.6 is 0 Å². The molecule has 1 saturated heterocycles. The number of hydrogen-bond acceptors (Lipinski definition) is 3. The van der Waals surface area contributed by atoms with Crippen LogP contribution in [0.4, 0.5) is 0 Å². The van der Waals surface area contributed by atoms with Crippen molar-refractivity contribution in [1.29, 1.82) is 0 Å². The number of hydrogen-bond donors (Lipinski definition) is 0. The lowest BCUT2D eigenvalue weighted by atomic mass is 10.3. The zero-order valence-corrected chi connectivity index (χ0v) is 4.79. The largest absolute Gasteiger partial charge is 0.469 e. The number of carbonyl (C=O) groups excluding carboxylic acids is 1. The summed E-state index contributed by atoms with van der Waals surface area (Å²) in [6.45, 7) is 0.238. The van der Waals surface area contributed by atoms with Crippen molar-refractivity contribution in [3.8, 4) is 0 Å². The van der Waals surface area contributed by atoms with Crippen molar-refractivity contribution in [3.63, 3.8) is 0 Å². The average molecular weight is 126 g/mol. The molecule has 0 radical (unpaired) electrons. The Labute approximate surface area is 52.3 Å². The Bertz CT molecular complexity index is 183. The average Bonchev–Trinajstić information content (AvgIpc) is 2.35. The molecule has 0 amide bonds. The van der Waals surface area contributed by atoms with Crippen LogP contribution in [0.25, 0.3) is 0 Å². The van der Waals surface area contributed by atoms with Crippen LogP contribution < -0.4 is 0 Å². The quantitative estimate of drug-likeness (QED) is 0.465. The van der Waals surface area contributed by atoms with Gasteiger partial charge in [-0.25, -0.2) is 0 Å². The van der Waals surface area contributed by atoms with Crippen molar-refractivity contribution >= 4 is 5.78 Å². The van der Waals surface area contributed by atoms with Gasteiger partial charge in [-0.15, -0.1) is 0 Å². The van der Waals surface area contributed by atoms with Crippen LogP contribution in [0.15, 0.2) is 11.8 Å². The summed E-state index contributed by atoms with van der Waals surface area (Å²) in [4.78, 5) is 10.8. The van der Waals surface area contributed by atoms with Gasteiger partial charge in [0.1, 0.15) is 5.76 Å². The molecule has 0 bridgehead atoms. The zero-order chi connectivity index (χ0) is 6.27. The molecule has 3 heteroatoms. The van der Waals surface area contributed by atoms with E-state index in [1.807, 2.05) is 0 Å². The minimum atomic E-state index is -0.356. The Morgan fingerprint density at radius 1 is 1.67 bits per heavy atom. The molecule has 0 spiro atoms. The monoisotopic (exact) mass is 126 g/mol. The third-order valence-corrected chi connectivity index (χ3v) is 1.52. The molecule has 0 aromatic rings. The molecule has 2 rings (SSSR count). The first-order valence-corrected chi connectivity index (χ1v) is 2.85. The molecular weight excluding hydrogens is 120 g/mol. The van der Waals surface area contributed by atoms with Crippen LogP contribution in [0.5, 0.6) is 0 Å². The lowest BCUT2D eigenvalue weighted by molar-refractivity contribution is -0.125. The Kier molecular flexibility index (Phi) is 0.873. The van der Waals surface area contributed by atoms with Gasteiger partial charge in [0, 0.05) is 6.42 Å². The fourth-order valence-electron chi connectivity index (χ4n) is 1.05. The standard InChI is InChI=1S/C6H6O3/c7-4-1-2-5-6(4)9-3-8-5/h2,6H,1,3H2. The minimum Gasteiger partial charge on any atom is -0.469 e. The third kappa shape index (κ3) is 0.580. The van der Waals surface area contributed by atoms with Crippen molar-refractivity contribution in [3.05, 3.63) is 11.8 Å². The van der Waals surface area contributed by atoms with E-state index in [2.05, 4.69) is 0 Å². The van der Waals surface area contributed by atoms with E-state index in [1.54, 1.807) is 6.08 Å². The Hall–Kier alpha value is -0.830. The van der Waals surface area contributed by atoms with E-state index >= 15 is 0 Å². The summed E-state index contributed by atoms with van der Waals surface area (Å²) >= 11 is 0. The second-order valence-corrected chi connectivity index (χ2v) is 2.09. The van der Waals surface area contributed by atoms with Gasteiger partial charge in [0.15, 0.2) is 18.7 Å². The summed E-state index contributed by atoms with van der Waals surface area (Å²) in [6, 6.07) is 0. The molecule has 3 nitrogen and oxygen atoms in total. The molecule has 1 unspecified atom stereocenters. The maximum Gasteiger partial charge on any atom is 0.190 e. The normalized spacial score (nSPS) is 31.8. The van der Waals surface area contributed by atoms with Gasteiger partial charge in [-0.3, -0.25) is 4.79 Å². The fourth-order valence-corrected chi connectivity index (χ4v) is 1.05. The summed E-state index contributed by atoms with van der Waals surface area (Å²) in [5.41, 5.74) is 0. The maximum absolute atomic E-state index is 10.8. The second-order valence-electron chi connectivity index (χ2n) is 2.09. The van der Waals surface area contributed by atoms with Gasteiger partial charge in [0.25, 0.3) is 0 Å². The summed E-state index contributed by atoms with van der Waals surface area (Å²) in [7, 11) is 0. The highest BCUT2D eigenvalue weighted by Gasteiger charge is 2.34. The first-order chi connectivity index (χ1) is 4.38. The number of allylic oxidation sites excluding steroid dienone is 1. The number of Topliss-reactive ketones (excluding diaryl/α,β-unsaturated/α-hetero) is 1. The molecule has 9 heavy (non-hydrogen) atoms. The van der Waals surface area contributed by atoms with Crippen molar-refractivity contribution in [2.24, 2.45) is 0 Å². The molecule has 1 fully saturated rings.